The molecule has 16 heavy (non-hydrogen) atoms. The van der Waals surface area contributed by atoms with Crippen LogP contribution in [0.25, 0.3) is 0 Å². The van der Waals surface area contributed by atoms with Crippen LogP contribution in [0.2, 0.25) is 0 Å². The van der Waals surface area contributed by atoms with Gasteiger partial charge in [-0.25, -0.2) is 4.98 Å². The molecule has 0 bridgehead atoms. The first kappa shape index (κ1) is 11.9. The smallest absolute Gasteiger partial charge is 0.185 e. The molecule has 1 saturated carbocycles. The van der Waals surface area contributed by atoms with Crippen LogP contribution in [0.3, 0.4) is 0 Å². The van der Waals surface area contributed by atoms with E-state index in [9.17, 15) is 0 Å². The summed E-state index contributed by atoms with van der Waals surface area (Å²) in [5.41, 5.74) is 1.17. The van der Waals surface area contributed by atoms with Gasteiger partial charge in [0.05, 0.1) is 5.69 Å². The van der Waals surface area contributed by atoms with E-state index in [2.05, 4.69) is 22.5 Å². The van der Waals surface area contributed by atoms with Crippen molar-refractivity contribution in [3.8, 4) is 0 Å². The van der Waals surface area contributed by atoms with Gasteiger partial charge in [-0.15, -0.1) is 11.3 Å². The molecule has 0 aromatic carbocycles. The van der Waals surface area contributed by atoms with Crippen LogP contribution in [-0.2, 0) is 6.54 Å². The predicted octanol–water partition coefficient (Wildman–Crippen LogP) is 2.63. The minimum absolute atomic E-state index is 0.735. The van der Waals surface area contributed by atoms with Gasteiger partial charge in [-0.05, 0) is 26.8 Å². The van der Waals surface area contributed by atoms with Gasteiger partial charge in [0, 0.05) is 24.5 Å². The Kier molecular flexibility index (Phi) is 4.18. The number of hydrogen-bond donors (Lipinski definition) is 1. The molecule has 0 unspecified atom stereocenters. The zero-order valence-corrected chi connectivity index (χ0v) is 11.0. The quantitative estimate of drug-likeness (QED) is 0.856. The number of anilines is 1. The average Bonchev–Trinajstić information content (AvgIpc) is 2.92. The van der Waals surface area contributed by atoms with Crippen LogP contribution in [0, 0.1) is 0 Å². The van der Waals surface area contributed by atoms with Gasteiger partial charge in [-0.1, -0.05) is 12.8 Å². The average molecular weight is 239 g/mol. The molecule has 1 N–H and O–H groups in total. The number of rotatable bonds is 5. The SMILES string of the molecule is CCN(c1nc(CNC)cs1)C1CCCC1. The summed E-state index contributed by atoms with van der Waals surface area (Å²) < 4.78 is 0. The van der Waals surface area contributed by atoms with Crippen molar-refractivity contribution in [2.45, 2.75) is 45.2 Å². The first-order valence-electron chi connectivity index (χ1n) is 6.20. The number of nitrogens with one attached hydrogen (secondary N) is 1. The van der Waals surface area contributed by atoms with Crippen molar-refractivity contribution < 1.29 is 0 Å². The molecule has 0 amide bonds. The molecule has 1 aliphatic rings. The Hall–Kier alpha value is -0.610. The van der Waals surface area contributed by atoms with Crippen LogP contribution in [0.15, 0.2) is 5.38 Å². The number of hydrogen-bond acceptors (Lipinski definition) is 4. The lowest BCUT2D eigenvalue weighted by Gasteiger charge is -2.26. The van der Waals surface area contributed by atoms with Crippen molar-refractivity contribution in [3.05, 3.63) is 11.1 Å². The lowest BCUT2D eigenvalue weighted by Crippen LogP contribution is -2.32. The van der Waals surface area contributed by atoms with Crippen LogP contribution in [0.1, 0.15) is 38.3 Å². The fourth-order valence-electron chi connectivity index (χ4n) is 2.46. The molecule has 0 spiro atoms. The van der Waals surface area contributed by atoms with E-state index in [0.717, 1.165) is 19.1 Å². The molecule has 3 nitrogen and oxygen atoms in total. The Morgan fingerprint density at radius 2 is 2.25 bits per heavy atom. The van der Waals surface area contributed by atoms with E-state index < -0.39 is 0 Å². The molecule has 1 aromatic rings. The monoisotopic (exact) mass is 239 g/mol. The van der Waals surface area contributed by atoms with E-state index in [4.69, 9.17) is 4.98 Å². The topological polar surface area (TPSA) is 28.2 Å². The highest BCUT2D eigenvalue weighted by molar-refractivity contribution is 7.13. The van der Waals surface area contributed by atoms with E-state index in [1.54, 1.807) is 11.3 Å². The normalized spacial score (nSPS) is 16.9. The minimum Gasteiger partial charge on any atom is -0.345 e. The zero-order valence-electron chi connectivity index (χ0n) is 10.2. The van der Waals surface area contributed by atoms with Gasteiger partial charge >= 0.3 is 0 Å². The Balaban J connectivity index is 2.06. The van der Waals surface area contributed by atoms with E-state index in [1.807, 2.05) is 7.05 Å². The molecule has 0 atom stereocenters. The highest BCUT2D eigenvalue weighted by Gasteiger charge is 2.23. The lowest BCUT2D eigenvalue weighted by molar-refractivity contribution is 0.617. The van der Waals surface area contributed by atoms with E-state index >= 15 is 0 Å². The molecule has 1 heterocycles. The maximum atomic E-state index is 4.70. The highest BCUT2D eigenvalue weighted by atomic mass is 32.1. The molecule has 1 fully saturated rings. The van der Waals surface area contributed by atoms with Crippen LogP contribution in [-0.4, -0.2) is 24.6 Å². The summed E-state index contributed by atoms with van der Waals surface area (Å²) in [5, 5.41) is 6.53. The summed E-state index contributed by atoms with van der Waals surface area (Å²) in [4.78, 5) is 7.18. The molecule has 4 heteroatoms. The van der Waals surface area contributed by atoms with E-state index in [1.165, 1.54) is 36.5 Å². The summed E-state index contributed by atoms with van der Waals surface area (Å²) in [7, 11) is 1.97. The van der Waals surface area contributed by atoms with E-state index in [0.29, 0.717) is 0 Å². The first-order valence-corrected chi connectivity index (χ1v) is 7.08. The zero-order chi connectivity index (χ0) is 11.4. The minimum atomic E-state index is 0.735. The summed E-state index contributed by atoms with van der Waals surface area (Å²) >= 11 is 1.78. The van der Waals surface area contributed by atoms with Crippen LogP contribution in [0.5, 0.6) is 0 Å². The summed E-state index contributed by atoms with van der Waals surface area (Å²) in [6, 6.07) is 0.735. The van der Waals surface area contributed by atoms with Gasteiger partial charge < -0.3 is 10.2 Å². The second kappa shape index (κ2) is 5.64. The highest BCUT2D eigenvalue weighted by Crippen LogP contribution is 2.30. The number of nitrogens with zero attached hydrogens (tertiary/aromatic N) is 2. The van der Waals surface area contributed by atoms with Crippen molar-refractivity contribution in [3.63, 3.8) is 0 Å². The Labute approximate surface area is 102 Å². The van der Waals surface area contributed by atoms with Gasteiger partial charge in [-0.3, -0.25) is 0 Å². The fraction of sp³-hybridized carbons (Fsp3) is 0.750. The van der Waals surface area contributed by atoms with Crippen LogP contribution >= 0.6 is 11.3 Å². The maximum absolute atomic E-state index is 4.70. The number of thiazole rings is 1. The van der Waals surface area contributed by atoms with Crippen molar-refractivity contribution in [1.29, 1.82) is 0 Å². The standard InChI is InChI=1S/C12H21N3S/c1-3-15(11-6-4-5-7-11)12-14-10(8-13-2)9-16-12/h9,11,13H,3-8H2,1-2H3. The molecule has 0 saturated heterocycles. The Morgan fingerprint density at radius 1 is 1.50 bits per heavy atom. The molecule has 1 aliphatic carbocycles. The van der Waals surface area contributed by atoms with Gasteiger partial charge in [0.15, 0.2) is 5.13 Å². The van der Waals surface area contributed by atoms with Crippen LogP contribution < -0.4 is 10.2 Å². The van der Waals surface area contributed by atoms with Gasteiger partial charge in [0.2, 0.25) is 0 Å². The third-order valence-corrected chi connectivity index (χ3v) is 4.18. The second-order valence-corrected chi connectivity index (χ2v) is 5.21. The molecule has 1 aromatic heterocycles. The lowest BCUT2D eigenvalue weighted by atomic mass is 10.2. The molecule has 90 valence electrons. The van der Waals surface area contributed by atoms with E-state index in [-0.39, 0.29) is 0 Å². The second-order valence-electron chi connectivity index (χ2n) is 4.38. The van der Waals surface area contributed by atoms with Crippen molar-refractivity contribution in [2.24, 2.45) is 0 Å². The largest absolute Gasteiger partial charge is 0.345 e. The molecule has 0 radical (unpaired) electrons. The summed E-state index contributed by atoms with van der Waals surface area (Å²) in [6.45, 7) is 4.19. The van der Waals surface area contributed by atoms with Crippen molar-refractivity contribution in [2.75, 3.05) is 18.5 Å². The summed E-state index contributed by atoms with van der Waals surface area (Å²) in [6.07, 6.45) is 5.45. The first-order chi connectivity index (χ1) is 7.85. The maximum Gasteiger partial charge on any atom is 0.185 e. The molecule has 2 rings (SSSR count). The third-order valence-electron chi connectivity index (χ3n) is 3.25. The van der Waals surface area contributed by atoms with Crippen molar-refractivity contribution in [1.82, 2.24) is 10.3 Å². The Morgan fingerprint density at radius 3 is 2.88 bits per heavy atom. The molecular formula is C12H21N3S. The van der Waals surface area contributed by atoms with Crippen LogP contribution in [0.4, 0.5) is 5.13 Å². The van der Waals surface area contributed by atoms with Gasteiger partial charge in [0.25, 0.3) is 0 Å². The molecule has 0 aliphatic heterocycles. The van der Waals surface area contributed by atoms with Gasteiger partial charge in [0.1, 0.15) is 0 Å². The fourth-order valence-corrected chi connectivity index (χ4v) is 3.42. The van der Waals surface area contributed by atoms with Crippen molar-refractivity contribution >= 4 is 16.5 Å². The molecular weight excluding hydrogens is 218 g/mol. The third kappa shape index (κ3) is 2.55. The number of aromatic nitrogens is 1. The van der Waals surface area contributed by atoms with Gasteiger partial charge in [-0.2, -0.15) is 0 Å². The summed E-state index contributed by atoms with van der Waals surface area (Å²) in [5.74, 6) is 0. The predicted molar refractivity (Wildman–Crippen MR) is 70.2 cm³/mol. The Bertz CT molecular complexity index is 318.